The van der Waals surface area contributed by atoms with Crippen LogP contribution in [0.5, 0.6) is 0 Å². The number of hydrogen-bond acceptors (Lipinski definition) is 6. The molecule has 7 nitrogen and oxygen atoms in total. The monoisotopic (exact) mass is 447 g/mol. The molecule has 0 unspecified atom stereocenters. The average molecular weight is 448 g/mol. The molecule has 2 aromatic carbocycles. The standard InChI is InChI=1S/C26H33N5O2/c1-3-29-14-16-30(17-15-29)21-8-9-22(19(2)18-21)27-25(32)20-10-12-31(13-11-20)26-28-23-6-4-5-7-24(23)33-26/h4-9,18,20H,3,10-17H2,1-2H3,(H,27,32). The number of amides is 1. The number of hydrogen-bond donors (Lipinski definition) is 1. The van der Waals surface area contributed by atoms with Crippen LogP contribution < -0.4 is 15.1 Å². The minimum absolute atomic E-state index is 0.00632. The van der Waals surface area contributed by atoms with Crippen LogP contribution in [0.15, 0.2) is 46.9 Å². The molecule has 1 amide bonds. The van der Waals surface area contributed by atoms with E-state index in [1.807, 2.05) is 24.3 Å². The third-order valence-electron chi connectivity index (χ3n) is 7.07. The molecule has 0 aliphatic carbocycles. The molecule has 174 valence electrons. The maximum Gasteiger partial charge on any atom is 0.298 e. The Morgan fingerprint density at radius 3 is 2.48 bits per heavy atom. The van der Waals surface area contributed by atoms with Crippen molar-refractivity contribution in [2.75, 3.05) is 60.9 Å². The minimum atomic E-state index is 0.00632. The highest BCUT2D eigenvalue weighted by molar-refractivity contribution is 5.93. The number of para-hydroxylation sites is 2. The molecular weight excluding hydrogens is 414 g/mol. The van der Waals surface area contributed by atoms with Crippen LogP contribution in [-0.4, -0.2) is 61.6 Å². The quantitative estimate of drug-likeness (QED) is 0.634. The number of oxazole rings is 1. The summed E-state index contributed by atoms with van der Waals surface area (Å²) in [4.78, 5) is 24.6. The normalized spacial score (nSPS) is 18.1. The number of carbonyl (C=O) groups is 1. The zero-order chi connectivity index (χ0) is 22.8. The number of likely N-dealkylation sites (N-methyl/N-ethyl adjacent to an activating group) is 1. The van der Waals surface area contributed by atoms with Gasteiger partial charge in [-0.05, 0) is 62.2 Å². The van der Waals surface area contributed by atoms with Gasteiger partial charge in [0.25, 0.3) is 6.01 Å². The van der Waals surface area contributed by atoms with Gasteiger partial charge in [0.2, 0.25) is 5.91 Å². The topological polar surface area (TPSA) is 64.8 Å². The lowest BCUT2D eigenvalue weighted by Crippen LogP contribution is -2.46. The number of aryl methyl sites for hydroxylation is 1. The highest BCUT2D eigenvalue weighted by Gasteiger charge is 2.27. The molecule has 2 aliphatic heterocycles. The summed E-state index contributed by atoms with van der Waals surface area (Å²) in [6, 6.07) is 14.9. The van der Waals surface area contributed by atoms with Gasteiger partial charge >= 0.3 is 0 Å². The van der Waals surface area contributed by atoms with E-state index >= 15 is 0 Å². The number of rotatable bonds is 5. The van der Waals surface area contributed by atoms with Gasteiger partial charge in [0, 0.05) is 56.6 Å². The van der Waals surface area contributed by atoms with E-state index in [0.29, 0.717) is 6.01 Å². The summed E-state index contributed by atoms with van der Waals surface area (Å²) in [6.07, 6.45) is 1.59. The molecule has 2 saturated heterocycles. The molecule has 7 heteroatoms. The molecule has 2 aliphatic rings. The first-order chi connectivity index (χ1) is 16.1. The Morgan fingerprint density at radius 1 is 1.03 bits per heavy atom. The second-order valence-corrected chi connectivity index (χ2v) is 9.14. The smallest absolute Gasteiger partial charge is 0.298 e. The molecular formula is C26H33N5O2. The van der Waals surface area contributed by atoms with Crippen molar-refractivity contribution >= 4 is 34.4 Å². The molecule has 0 radical (unpaired) electrons. The molecule has 3 aromatic rings. The molecule has 0 atom stereocenters. The van der Waals surface area contributed by atoms with E-state index in [0.717, 1.165) is 81.0 Å². The van der Waals surface area contributed by atoms with Gasteiger partial charge in [-0.1, -0.05) is 19.1 Å². The second kappa shape index (κ2) is 9.43. The lowest BCUT2D eigenvalue weighted by atomic mass is 9.96. The molecule has 0 saturated carbocycles. The number of nitrogens with zero attached hydrogens (tertiary/aromatic N) is 4. The van der Waals surface area contributed by atoms with Crippen molar-refractivity contribution in [1.29, 1.82) is 0 Å². The van der Waals surface area contributed by atoms with Crippen molar-refractivity contribution in [1.82, 2.24) is 9.88 Å². The van der Waals surface area contributed by atoms with Crippen LogP contribution in [-0.2, 0) is 4.79 Å². The van der Waals surface area contributed by atoms with Gasteiger partial charge in [-0.2, -0.15) is 4.98 Å². The molecule has 3 heterocycles. The Kier molecular flexibility index (Phi) is 6.22. The largest absolute Gasteiger partial charge is 0.423 e. The Morgan fingerprint density at radius 2 is 1.79 bits per heavy atom. The van der Waals surface area contributed by atoms with Gasteiger partial charge in [0.05, 0.1) is 0 Å². The van der Waals surface area contributed by atoms with Crippen LogP contribution in [0.4, 0.5) is 17.4 Å². The maximum absolute atomic E-state index is 13.0. The van der Waals surface area contributed by atoms with E-state index in [1.54, 1.807) is 0 Å². The minimum Gasteiger partial charge on any atom is -0.423 e. The fourth-order valence-electron chi connectivity index (χ4n) is 4.87. The van der Waals surface area contributed by atoms with Crippen LogP contribution >= 0.6 is 0 Å². The highest BCUT2D eigenvalue weighted by atomic mass is 16.4. The van der Waals surface area contributed by atoms with E-state index in [-0.39, 0.29) is 11.8 Å². The van der Waals surface area contributed by atoms with Gasteiger partial charge in [-0.15, -0.1) is 0 Å². The van der Waals surface area contributed by atoms with Crippen LogP contribution in [0.1, 0.15) is 25.3 Å². The third kappa shape index (κ3) is 4.69. The summed E-state index contributed by atoms with van der Waals surface area (Å²) in [5, 5.41) is 3.18. The molecule has 0 bridgehead atoms. The van der Waals surface area contributed by atoms with E-state index in [9.17, 15) is 4.79 Å². The lowest BCUT2D eigenvalue weighted by molar-refractivity contribution is -0.120. The fourth-order valence-corrected chi connectivity index (χ4v) is 4.87. The van der Waals surface area contributed by atoms with E-state index in [1.165, 1.54) is 5.69 Å². The summed E-state index contributed by atoms with van der Waals surface area (Å²) in [5.74, 6) is 0.117. The summed E-state index contributed by atoms with van der Waals surface area (Å²) >= 11 is 0. The molecule has 1 N–H and O–H groups in total. The highest BCUT2D eigenvalue weighted by Crippen LogP contribution is 2.28. The molecule has 2 fully saturated rings. The molecule has 5 rings (SSSR count). The van der Waals surface area contributed by atoms with Crippen LogP contribution in [0.2, 0.25) is 0 Å². The third-order valence-corrected chi connectivity index (χ3v) is 7.07. The van der Waals surface area contributed by atoms with Crippen LogP contribution in [0.3, 0.4) is 0 Å². The first kappa shape index (κ1) is 21.8. The van der Waals surface area contributed by atoms with Crippen molar-refractivity contribution in [3.05, 3.63) is 48.0 Å². The van der Waals surface area contributed by atoms with Gasteiger partial charge in [-0.3, -0.25) is 4.79 Å². The van der Waals surface area contributed by atoms with Gasteiger partial charge in [-0.25, -0.2) is 0 Å². The van der Waals surface area contributed by atoms with Crippen molar-refractivity contribution in [3.63, 3.8) is 0 Å². The second-order valence-electron chi connectivity index (χ2n) is 9.14. The Bertz CT molecular complexity index is 1080. The number of fused-ring (bicyclic) bond motifs is 1. The van der Waals surface area contributed by atoms with E-state index < -0.39 is 0 Å². The Labute approximate surface area is 195 Å². The number of piperazine rings is 1. The maximum atomic E-state index is 13.0. The zero-order valence-corrected chi connectivity index (χ0v) is 19.6. The Hall–Kier alpha value is -3.06. The number of aromatic nitrogens is 1. The predicted octanol–water partition coefficient (Wildman–Crippen LogP) is 4.13. The van der Waals surface area contributed by atoms with Crippen molar-refractivity contribution in [2.24, 2.45) is 5.92 Å². The van der Waals surface area contributed by atoms with E-state index in [4.69, 9.17) is 4.42 Å². The first-order valence-electron chi connectivity index (χ1n) is 12.1. The molecule has 33 heavy (non-hydrogen) atoms. The number of piperidine rings is 1. The predicted molar refractivity (Wildman–Crippen MR) is 133 cm³/mol. The van der Waals surface area contributed by atoms with Gasteiger partial charge in [0.1, 0.15) is 5.52 Å². The fraction of sp³-hybridized carbons (Fsp3) is 0.462. The average Bonchev–Trinajstić information content (AvgIpc) is 3.30. The van der Waals surface area contributed by atoms with Crippen LogP contribution in [0, 0.1) is 12.8 Å². The van der Waals surface area contributed by atoms with Crippen LogP contribution in [0.25, 0.3) is 11.1 Å². The van der Waals surface area contributed by atoms with Crippen molar-refractivity contribution < 1.29 is 9.21 Å². The van der Waals surface area contributed by atoms with Gasteiger partial charge < -0.3 is 24.4 Å². The zero-order valence-electron chi connectivity index (χ0n) is 19.6. The summed E-state index contributed by atoms with van der Waals surface area (Å²) in [6.45, 7) is 11.3. The van der Waals surface area contributed by atoms with E-state index in [2.05, 4.69) is 57.0 Å². The lowest BCUT2D eigenvalue weighted by Gasteiger charge is -2.35. The van der Waals surface area contributed by atoms with Gasteiger partial charge in [0.15, 0.2) is 5.58 Å². The van der Waals surface area contributed by atoms with Crippen molar-refractivity contribution in [2.45, 2.75) is 26.7 Å². The number of nitrogens with one attached hydrogen (secondary N) is 1. The number of carbonyl (C=O) groups excluding carboxylic acids is 1. The molecule has 1 aromatic heterocycles. The summed E-state index contributed by atoms with van der Waals surface area (Å²) in [5.41, 5.74) is 4.95. The number of benzene rings is 2. The molecule has 0 spiro atoms. The summed E-state index contributed by atoms with van der Waals surface area (Å²) < 4.78 is 5.90. The summed E-state index contributed by atoms with van der Waals surface area (Å²) in [7, 11) is 0. The first-order valence-corrected chi connectivity index (χ1v) is 12.1. The number of anilines is 3. The van der Waals surface area contributed by atoms with Crippen molar-refractivity contribution in [3.8, 4) is 0 Å². The SMILES string of the molecule is CCN1CCN(c2ccc(NC(=O)C3CCN(c4nc5ccccc5o4)CC3)c(C)c2)CC1. The Balaban J connectivity index is 1.16.